The average molecular weight is 387 g/mol. The minimum atomic E-state index is 0.712. The molecule has 0 aliphatic rings. The van der Waals surface area contributed by atoms with Crippen LogP contribution in [0, 0.1) is 0 Å². The van der Waals surface area contributed by atoms with Crippen LogP contribution in [0.4, 0.5) is 5.69 Å². The van der Waals surface area contributed by atoms with E-state index in [-0.39, 0.29) is 0 Å². The molecule has 1 aromatic carbocycles. The van der Waals surface area contributed by atoms with E-state index in [9.17, 15) is 0 Å². The molecule has 0 unspecified atom stereocenters. The summed E-state index contributed by atoms with van der Waals surface area (Å²) in [6.45, 7) is 0.712. The molecule has 0 aliphatic carbocycles. The third-order valence-corrected chi connectivity index (χ3v) is 4.49. The Hall–Kier alpha value is -0.850. The van der Waals surface area contributed by atoms with Crippen LogP contribution in [0.15, 0.2) is 44.9 Å². The number of hydrogen-bond acceptors (Lipinski definition) is 3. The molecule has 2 heterocycles. The molecule has 0 bridgehead atoms. The molecule has 3 rings (SSSR count). The third kappa shape index (κ3) is 2.46. The van der Waals surface area contributed by atoms with Gasteiger partial charge in [-0.3, -0.25) is 4.40 Å². The Labute approximate surface area is 125 Å². The molecule has 18 heavy (non-hydrogen) atoms. The van der Waals surface area contributed by atoms with Crippen molar-refractivity contribution in [3.8, 4) is 0 Å². The Morgan fingerprint density at radius 2 is 2.22 bits per heavy atom. The first-order valence-electron chi connectivity index (χ1n) is 5.32. The van der Waals surface area contributed by atoms with Crippen LogP contribution in [0.3, 0.4) is 0 Å². The maximum absolute atomic E-state index is 4.53. The number of fused-ring (bicyclic) bond motifs is 1. The summed E-state index contributed by atoms with van der Waals surface area (Å²) in [6, 6.07) is 6.06. The van der Waals surface area contributed by atoms with Gasteiger partial charge < -0.3 is 5.32 Å². The largest absolute Gasteiger partial charge is 0.378 e. The lowest BCUT2D eigenvalue weighted by Gasteiger charge is -2.07. The highest BCUT2D eigenvalue weighted by Crippen LogP contribution is 2.26. The molecule has 0 amide bonds. The summed E-state index contributed by atoms with van der Waals surface area (Å²) in [5, 5.41) is 5.40. The van der Waals surface area contributed by atoms with Crippen molar-refractivity contribution in [3.05, 3.63) is 50.6 Å². The minimum Gasteiger partial charge on any atom is -0.378 e. The lowest BCUT2D eigenvalue weighted by atomic mass is 10.3. The first-order valence-corrected chi connectivity index (χ1v) is 7.79. The van der Waals surface area contributed by atoms with E-state index >= 15 is 0 Å². The second-order valence-corrected chi connectivity index (χ2v) is 6.45. The van der Waals surface area contributed by atoms with Gasteiger partial charge in [0, 0.05) is 32.4 Å². The van der Waals surface area contributed by atoms with E-state index in [1.165, 1.54) is 0 Å². The maximum Gasteiger partial charge on any atom is 0.193 e. The molecule has 0 atom stereocenters. The number of aromatic nitrogens is 2. The van der Waals surface area contributed by atoms with E-state index in [4.69, 9.17) is 0 Å². The van der Waals surface area contributed by atoms with Crippen LogP contribution >= 0.6 is 43.2 Å². The van der Waals surface area contributed by atoms with Crippen molar-refractivity contribution < 1.29 is 0 Å². The van der Waals surface area contributed by atoms with E-state index in [1.54, 1.807) is 11.3 Å². The van der Waals surface area contributed by atoms with Gasteiger partial charge in [0.15, 0.2) is 4.96 Å². The Bertz CT molecular complexity index is 661. The van der Waals surface area contributed by atoms with Gasteiger partial charge in [-0.25, -0.2) is 4.98 Å². The summed E-state index contributed by atoms with van der Waals surface area (Å²) in [5.41, 5.74) is 2.09. The minimum absolute atomic E-state index is 0.712. The molecule has 92 valence electrons. The number of rotatable bonds is 3. The van der Waals surface area contributed by atoms with Gasteiger partial charge in [0.1, 0.15) is 0 Å². The molecule has 0 saturated carbocycles. The van der Waals surface area contributed by atoms with Crippen molar-refractivity contribution in [1.82, 2.24) is 9.38 Å². The topological polar surface area (TPSA) is 29.3 Å². The number of anilines is 1. The Morgan fingerprint density at radius 3 is 3.06 bits per heavy atom. The van der Waals surface area contributed by atoms with Gasteiger partial charge >= 0.3 is 0 Å². The average Bonchev–Trinajstić information content (AvgIpc) is 2.90. The zero-order valence-electron chi connectivity index (χ0n) is 9.23. The van der Waals surface area contributed by atoms with Crippen LogP contribution in [-0.2, 0) is 6.54 Å². The molecule has 0 fully saturated rings. The molecule has 1 N–H and O–H groups in total. The molecule has 0 spiro atoms. The molecular weight excluding hydrogens is 378 g/mol. The fraction of sp³-hybridized carbons (Fsp3) is 0.0833. The summed E-state index contributed by atoms with van der Waals surface area (Å²) < 4.78 is 4.14. The fourth-order valence-electron chi connectivity index (χ4n) is 1.68. The highest BCUT2D eigenvalue weighted by atomic mass is 79.9. The van der Waals surface area contributed by atoms with Crippen LogP contribution in [0.2, 0.25) is 0 Å². The number of hydrogen-bond donors (Lipinski definition) is 1. The van der Waals surface area contributed by atoms with E-state index < -0.39 is 0 Å². The predicted octanol–water partition coefficient (Wildman–Crippen LogP) is 4.53. The first kappa shape index (κ1) is 12.2. The summed E-state index contributed by atoms with van der Waals surface area (Å²) >= 11 is 8.63. The number of benzene rings is 1. The molecule has 0 saturated heterocycles. The van der Waals surface area contributed by atoms with Crippen LogP contribution in [0.1, 0.15) is 5.69 Å². The molecule has 0 aliphatic heterocycles. The fourth-order valence-corrected chi connectivity index (χ4v) is 3.15. The SMILES string of the molecule is Brc1ccc(Br)c(NCc2cn3ccsc3n2)c1. The monoisotopic (exact) mass is 385 g/mol. The number of nitrogens with zero attached hydrogens (tertiary/aromatic N) is 2. The van der Waals surface area contributed by atoms with Crippen molar-refractivity contribution in [2.45, 2.75) is 6.54 Å². The molecule has 0 radical (unpaired) electrons. The quantitative estimate of drug-likeness (QED) is 0.716. The smallest absolute Gasteiger partial charge is 0.193 e. The second-order valence-electron chi connectivity index (χ2n) is 3.80. The molecular formula is C12H9Br2N3S. The van der Waals surface area contributed by atoms with Crippen molar-refractivity contribution in [2.24, 2.45) is 0 Å². The molecule has 3 aromatic rings. The zero-order valence-corrected chi connectivity index (χ0v) is 13.2. The Kier molecular flexibility index (Phi) is 3.41. The number of halogens is 2. The number of imidazole rings is 1. The lowest BCUT2D eigenvalue weighted by Crippen LogP contribution is -2.00. The normalized spacial score (nSPS) is 11.0. The zero-order chi connectivity index (χ0) is 12.5. The molecule has 6 heteroatoms. The Morgan fingerprint density at radius 1 is 1.33 bits per heavy atom. The van der Waals surface area contributed by atoms with Gasteiger partial charge in [-0.2, -0.15) is 0 Å². The van der Waals surface area contributed by atoms with Crippen LogP contribution in [-0.4, -0.2) is 9.38 Å². The molecule has 2 aromatic heterocycles. The van der Waals surface area contributed by atoms with Crippen LogP contribution in [0.5, 0.6) is 0 Å². The van der Waals surface area contributed by atoms with E-state index in [2.05, 4.69) is 42.2 Å². The summed E-state index contributed by atoms with van der Waals surface area (Å²) in [4.78, 5) is 5.56. The van der Waals surface area contributed by atoms with Gasteiger partial charge in [0.25, 0.3) is 0 Å². The van der Waals surface area contributed by atoms with Gasteiger partial charge in [-0.05, 0) is 34.1 Å². The van der Waals surface area contributed by atoms with E-state index in [0.29, 0.717) is 6.54 Å². The van der Waals surface area contributed by atoms with Crippen LogP contribution in [0.25, 0.3) is 4.96 Å². The van der Waals surface area contributed by atoms with Gasteiger partial charge in [0.2, 0.25) is 0 Å². The predicted molar refractivity (Wildman–Crippen MR) is 82.2 cm³/mol. The van der Waals surface area contributed by atoms with Crippen molar-refractivity contribution in [3.63, 3.8) is 0 Å². The second kappa shape index (κ2) is 5.03. The summed E-state index contributed by atoms with van der Waals surface area (Å²) in [6.07, 6.45) is 4.07. The highest BCUT2D eigenvalue weighted by Gasteiger charge is 2.04. The maximum atomic E-state index is 4.53. The van der Waals surface area contributed by atoms with Crippen molar-refractivity contribution in [2.75, 3.05) is 5.32 Å². The van der Waals surface area contributed by atoms with Gasteiger partial charge in [0.05, 0.1) is 12.2 Å². The molecule has 3 nitrogen and oxygen atoms in total. The van der Waals surface area contributed by atoms with Crippen LogP contribution < -0.4 is 5.32 Å². The van der Waals surface area contributed by atoms with Crippen molar-refractivity contribution >= 4 is 53.8 Å². The third-order valence-electron chi connectivity index (χ3n) is 2.53. The Balaban J connectivity index is 1.77. The standard InChI is InChI=1S/C12H9Br2N3S/c13-8-1-2-10(14)11(5-8)15-6-9-7-17-3-4-18-12(17)16-9/h1-5,7,15H,6H2. The summed E-state index contributed by atoms with van der Waals surface area (Å²) in [7, 11) is 0. The van der Waals surface area contributed by atoms with E-state index in [0.717, 1.165) is 25.3 Å². The first-order chi connectivity index (χ1) is 8.72. The van der Waals surface area contributed by atoms with E-state index in [1.807, 2.05) is 40.4 Å². The summed E-state index contributed by atoms with van der Waals surface area (Å²) in [5.74, 6) is 0. The van der Waals surface area contributed by atoms with Gasteiger partial charge in [-0.15, -0.1) is 11.3 Å². The lowest BCUT2D eigenvalue weighted by molar-refractivity contribution is 1.08. The highest BCUT2D eigenvalue weighted by molar-refractivity contribution is 9.11. The number of nitrogens with one attached hydrogen (secondary N) is 1. The number of thiazole rings is 1. The van der Waals surface area contributed by atoms with Crippen molar-refractivity contribution in [1.29, 1.82) is 0 Å². The van der Waals surface area contributed by atoms with Gasteiger partial charge in [-0.1, -0.05) is 15.9 Å².